The van der Waals surface area contributed by atoms with E-state index in [1.165, 1.54) is 0 Å². The Morgan fingerprint density at radius 1 is 1.40 bits per heavy atom. The van der Waals surface area contributed by atoms with Crippen molar-refractivity contribution in [3.8, 4) is 0 Å². The topological polar surface area (TPSA) is 69.6 Å². The highest BCUT2D eigenvalue weighted by atomic mass is 16.4. The van der Waals surface area contributed by atoms with E-state index in [-0.39, 0.29) is 11.6 Å². The van der Waals surface area contributed by atoms with Gasteiger partial charge in [0.15, 0.2) is 0 Å². The van der Waals surface area contributed by atoms with Gasteiger partial charge in [-0.1, -0.05) is 13.8 Å². The Morgan fingerprint density at radius 2 is 2.15 bits per heavy atom. The monoisotopic (exact) mass is 276 g/mol. The molecule has 1 aliphatic rings. The Balaban J connectivity index is 2.04. The predicted octanol–water partition coefficient (Wildman–Crippen LogP) is 2.50. The average molecular weight is 276 g/mol. The average Bonchev–Trinajstić information content (AvgIpc) is 2.80. The van der Waals surface area contributed by atoms with Crippen LogP contribution in [-0.4, -0.2) is 30.2 Å². The second-order valence-electron chi connectivity index (χ2n) is 5.46. The number of nitrogens with one attached hydrogen (secondary N) is 1. The van der Waals surface area contributed by atoms with Crippen LogP contribution in [0.25, 0.3) is 0 Å². The van der Waals surface area contributed by atoms with E-state index in [9.17, 15) is 9.59 Å². The number of rotatable bonds is 4. The summed E-state index contributed by atoms with van der Waals surface area (Å²) >= 11 is 0. The van der Waals surface area contributed by atoms with Gasteiger partial charge in [-0.15, -0.1) is 0 Å². The van der Waals surface area contributed by atoms with Crippen LogP contribution >= 0.6 is 0 Å². The molecule has 1 aromatic carbocycles. The fourth-order valence-corrected chi connectivity index (χ4v) is 2.31. The maximum Gasteiger partial charge on any atom is 0.335 e. The van der Waals surface area contributed by atoms with Crippen LogP contribution in [0, 0.1) is 5.92 Å². The molecule has 0 unspecified atom stereocenters. The Kier molecular flexibility index (Phi) is 4.27. The Hall–Kier alpha value is -2.04. The van der Waals surface area contributed by atoms with Gasteiger partial charge in [-0.3, -0.25) is 4.90 Å². The summed E-state index contributed by atoms with van der Waals surface area (Å²) in [4.78, 5) is 24.7. The molecule has 0 aromatic heterocycles. The van der Waals surface area contributed by atoms with Crippen LogP contribution in [0.5, 0.6) is 0 Å². The molecular formula is C15H20N2O3. The number of carboxylic acid groups (broad SMARTS) is 1. The molecule has 5 nitrogen and oxygen atoms in total. The molecule has 2 N–H and O–H groups in total. The van der Waals surface area contributed by atoms with Crippen molar-refractivity contribution in [2.24, 2.45) is 5.92 Å². The Labute approximate surface area is 118 Å². The summed E-state index contributed by atoms with van der Waals surface area (Å²) < 4.78 is 0. The van der Waals surface area contributed by atoms with Gasteiger partial charge in [0.05, 0.1) is 5.56 Å². The van der Waals surface area contributed by atoms with Crippen LogP contribution in [-0.2, 0) is 6.42 Å². The van der Waals surface area contributed by atoms with Crippen LogP contribution in [0.3, 0.4) is 0 Å². The third kappa shape index (κ3) is 3.10. The van der Waals surface area contributed by atoms with Crippen molar-refractivity contribution < 1.29 is 14.7 Å². The minimum absolute atomic E-state index is 0.104. The molecule has 5 heteroatoms. The zero-order chi connectivity index (χ0) is 14.7. The number of amides is 2. The number of aromatic carboxylic acids is 1. The lowest BCUT2D eigenvalue weighted by Crippen LogP contribution is -2.39. The third-order valence-corrected chi connectivity index (χ3v) is 3.47. The number of carbonyl (C=O) groups is 2. The number of benzene rings is 1. The summed E-state index contributed by atoms with van der Waals surface area (Å²) in [6.07, 6.45) is 1.65. The summed E-state index contributed by atoms with van der Waals surface area (Å²) in [7, 11) is 0. The van der Waals surface area contributed by atoms with Crippen molar-refractivity contribution in [1.82, 2.24) is 5.32 Å². The zero-order valence-corrected chi connectivity index (χ0v) is 11.8. The lowest BCUT2D eigenvalue weighted by Gasteiger charge is -2.18. The number of hydrogen-bond acceptors (Lipinski definition) is 2. The first-order valence-corrected chi connectivity index (χ1v) is 6.90. The molecule has 20 heavy (non-hydrogen) atoms. The molecule has 2 amide bonds. The summed E-state index contributed by atoms with van der Waals surface area (Å²) in [6, 6.07) is 4.81. The highest BCUT2D eigenvalue weighted by molar-refractivity contribution is 5.95. The van der Waals surface area contributed by atoms with Gasteiger partial charge in [0.2, 0.25) is 0 Å². The van der Waals surface area contributed by atoms with Crippen molar-refractivity contribution in [1.29, 1.82) is 0 Å². The molecule has 0 saturated carbocycles. The van der Waals surface area contributed by atoms with Gasteiger partial charge in [-0.05, 0) is 42.5 Å². The first kappa shape index (κ1) is 14.4. The van der Waals surface area contributed by atoms with Gasteiger partial charge in [0, 0.05) is 18.8 Å². The molecule has 0 saturated heterocycles. The van der Waals surface area contributed by atoms with Gasteiger partial charge < -0.3 is 10.4 Å². The first-order chi connectivity index (χ1) is 9.49. The van der Waals surface area contributed by atoms with Crippen molar-refractivity contribution in [3.05, 3.63) is 29.3 Å². The largest absolute Gasteiger partial charge is 0.478 e. The highest BCUT2D eigenvalue weighted by Gasteiger charge is 2.25. The number of urea groups is 1. The van der Waals surface area contributed by atoms with Gasteiger partial charge >= 0.3 is 12.0 Å². The molecule has 0 fully saturated rings. The van der Waals surface area contributed by atoms with Crippen molar-refractivity contribution in [2.75, 3.05) is 18.0 Å². The minimum atomic E-state index is -0.937. The summed E-state index contributed by atoms with van der Waals surface area (Å²) in [5.41, 5.74) is 2.01. The minimum Gasteiger partial charge on any atom is -0.478 e. The molecule has 108 valence electrons. The van der Waals surface area contributed by atoms with Crippen molar-refractivity contribution in [2.45, 2.75) is 26.7 Å². The number of nitrogens with zero attached hydrogens (tertiary/aromatic N) is 1. The standard InChI is InChI=1S/C15H20N2O3/c1-10(2)5-7-16-15(20)17-8-6-11-9-12(14(18)19)3-4-13(11)17/h3-4,9-10H,5-8H2,1-2H3,(H,16,20)(H,18,19). The molecule has 1 aromatic rings. The summed E-state index contributed by atoms with van der Waals surface area (Å²) in [6.45, 7) is 5.50. The molecule has 0 spiro atoms. The number of carboxylic acids is 1. The van der Waals surface area contributed by atoms with E-state index in [0.29, 0.717) is 25.4 Å². The number of carbonyl (C=O) groups excluding carboxylic acids is 1. The number of hydrogen-bond donors (Lipinski definition) is 2. The molecule has 2 rings (SSSR count). The molecule has 1 heterocycles. The normalized spacial score (nSPS) is 13.4. The van der Waals surface area contributed by atoms with Gasteiger partial charge in [0.1, 0.15) is 0 Å². The number of anilines is 1. The van der Waals surface area contributed by atoms with Crippen LogP contribution < -0.4 is 10.2 Å². The van der Waals surface area contributed by atoms with Gasteiger partial charge in [-0.2, -0.15) is 0 Å². The molecule has 0 aliphatic carbocycles. The smallest absolute Gasteiger partial charge is 0.335 e. The summed E-state index contributed by atoms with van der Waals surface area (Å²) in [5, 5.41) is 11.9. The summed E-state index contributed by atoms with van der Waals surface area (Å²) in [5.74, 6) is -0.382. The molecule has 0 radical (unpaired) electrons. The quantitative estimate of drug-likeness (QED) is 0.887. The molecule has 1 aliphatic heterocycles. The maximum atomic E-state index is 12.1. The van der Waals surface area contributed by atoms with E-state index < -0.39 is 5.97 Å². The molecule has 0 bridgehead atoms. The zero-order valence-electron chi connectivity index (χ0n) is 11.8. The highest BCUT2D eigenvalue weighted by Crippen LogP contribution is 2.28. The third-order valence-electron chi connectivity index (χ3n) is 3.47. The van der Waals surface area contributed by atoms with E-state index >= 15 is 0 Å². The van der Waals surface area contributed by atoms with Crippen LogP contribution in [0.1, 0.15) is 36.2 Å². The van der Waals surface area contributed by atoms with E-state index in [1.54, 1.807) is 23.1 Å². The van der Waals surface area contributed by atoms with Crippen LogP contribution in [0.4, 0.5) is 10.5 Å². The number of fused-ring (bicyclic) bond motifs is 1. The fraction of sp³-hybridized carbons (Fsp3) is 0.467. The molecular weight excluding hydrogens is 256 g/mol. The van der Waals surface area contributed by atoms with Crippen LogP contribution in [0.2, 0.25) is 0 Å². The van der Waals surface area contributed by atoms with E-state index in [4.69, 9.17) is 5.11 Å². The van der Waals surface area contributed by atoms with Crippen LogP contribution in [0.15, 0.2) is 18.2 Å². The van der Waals surface area contributed by atoms with E-state index in [1.807, 2.05) is 0 Å². The van der Waals surface area contributed by atoms with Crippen molar-refractivity contribution in [3.63, 3.8) is 0 Å². The second-order valence-corrected chi connectivity index (χ2v) is 5.46. The van der Waals surface area contributed by atoms with Gasteiger partial charge in [0.25, 0.3) is 0 Å². The lowest BCUT2D eigenvalue weighted by atomic mass is 10.1. The lowest BCUT2D eigenvalue weighted by molar-refractivity contribution is 0.0697. The van der Waals surface area contributed by atoms with Gasteiger partial charge in [-0.25, -0.2) is 9.59 Å². The predicted molar refractivity (Wildman–Crippen MR) is 77.3 cm³/mol. The molecule has 0 atom stereocenters. The SMILES string of the molecule is CC(C)CCNC(=O)N1CCc2cc(C(=O)O)ccc21. The van der Waals surface area contributed by atoms with Crippen molar-refractivity contribution >= 4 is 17.7 Å². The Morgan fingerprint density at radius 3 is 2.80 bits per heavy atom. The Bertz CT molecular complexity index is 526. The van der Waals surface area contributed by atoms with E-state index in [2.05, 4.69) is 19.2 Å². The van der Waals surface area contributed by atoms with E-state index in [0.717, 1.165) is 17.7 Å². The maximum absolute atomic E-state index is 12.1. The second kappa shape index (κ2) is 5.94. The fourth-order valence-electron chi connectivity index (χ4n) is 2.31. The first-order valence-electron chi connectivity index (χ1n) is 6.90.